The maximum atomic E-state index is 12.0. The normalized spacial score (nSPS) is 14.9. The van der Waals surface area contributed by atoms with Crippen molar-refractivity contribution in [3.63, 3.8) is 0 Å². The summed E-state index contributed by atoms with van der Waals surface area (Å²) < 4.78 is 0. The van der Waals surface area contributed by atoms with Gasteiger partial charge in [-0.15, -0.1) is 0 Å². The van der Waals surface area contributed by atoms with Crippen LogP contribution >= 0.6 is 12.6 Å². The Labute approximate surface area is 145 Å². The number of rotatable bonds is 14. The summed E-state index contributed by atoms with van der Waals surface area (Å²) in [6.07, 6.45) is 1.20. The molecule has 0 radical (unpaired) electrons. The SMILES string of the molecule is NCC(NC(=O)C(CS)NN[C@H](C=O)CCCNC(N)N)C(=O)O. The number of amides is 1. The van der Waals surface area contributed by atoms with Gasteiger partial charge in [-0.3, -0.25) is 10.1 Å². The molecule has 2 unspecified atom stereocenters. The van der Waals surface area contributed by atoms with Gasteiger partial charge in [0, 0.05) is 12.3 Å². The molecule has 0 aromatic carbocycles. The summed E-state index contributed by atoms with van der Waals surface area (Å²) in [5.74, 6) is -1.73. The van der Waals surface area contributed by atoms with Crippen molar-refractivity contribution < 1.29 is 19.5 Å². The molecule has 0 aliphatic rings. The molecule has 3 atom stereocenters. The number of nitrogens with two attached hydrogens (primary N) is 3. The number of carboxylic acids is 1. The van der Waals surface area contributed by atoms with Crippen LogP contribution in [-0.4, -0.2) is 66.5 Å². The molecule has 0 heterocycles. The van der Waals surface area contributed by atoms with Gasteiger partial charge >= 0.3 is 5.97 Å². The first-order chi connectivity index (χ1) is 11.3. The number of hydrogen-bond acceptors (Lipinski definition) is 10. The Hall–Kier alpha value is -1.28. The van der Waals surface area contributed by atoms with E-state index in [-0.39, 0.29) is 12.3 Å². The number of thiol groups is 1. The van der Waals surface area contributed by atoms with E-state index in [1.165, 1.54) is 0 Å². The Balaban J connectivity index is 4.31. The molecular formula is C12H27N7O4S. The lowest BCUT2D eigenvalue weighted by Crippen LogP contribution is -2.57. The number of hydrazine groups is 1. The second-order valence-corrected chi connectivity index (χ2v) is 5.39. The zero-order valence-electron chi connectivity index (χ0n) is 13.3. The highest BCUT2D eigenvalue weighted by Gasteiger charge is 2.23. The van der Waals surface area contributed by atoms with E-state index in [1.807, 2.05) is 0 Å². The summed E-state index contributed by atoms with van der Waals surface area (Å²) in [6.45, 7) is 0.304. The molecule has 11 N–H and O–H groups in total. The van der Waals surface area contributed by atoms with Gasteiger partial charge in [0.1, 0.15) is 24.7 Å². The van der Waals surface area contributed by atoms with Gasteiger partial charge in [-0.05, 0) is 19.4 Å². The van der Waals surface area contributed by atoms with E-state index in [4.69, 9.17) is 22.3 Å². The number of carbonyl (C=O) groups is 3. The third-order valence-corrected chi connectivity index (χ3v) is 3.39. The van der Waals surface area contributed by atoms with E-state index in [0.29, 0.717) is 25.7 Å². The number of hydrogen-bond donors (Lipinski definition) is 9. The van der Waals surface area contributed by atoms with Gasteiger partial charge in [-0.25, -0.2) is 15.6 Å². The average Bonchev–Trinajstić information content (AvgIpc) is 2.54. The number of aliphatic carboxylic acids is 1. The third-order valence-electron chi connectivity index (χ3n) is 3.03. The van der Waals surface area contributed by atoms with Crippen LogP contribution in [0, 0.1) is 0 Å². The Bertz CT molecular complexity index is 400. The van der Waals surface area contributed by atoms with Crippen molar-refractivity contribution >= 4 is 30.8 Å². The highest BCUT2D eigenvalue weighted by molar-refractivity contribution is 7.80. The van der Waals surface area contributed by atoms with Crippen LogP contribution in [0.5, 0.6) is 0 Å². The van der Waals surface area contributed by atoms with Crippen molar-refractivity contribution in [1.82, 2.24) is 21.5 Å². The fraction of sp³-hybridized carbons (Fsp3) is 0.750. The lowest BCUT2D eigenvalue weighted by Gasteiger charge is -2.22. The number of carboxylic acid groups (broad SMARTS) is 1. The minimum atomic E-state index is -1.23. The Morgan fingerprint density at radius 2 is 1.88 bits per heavy atom. The summed E-state index contributed by atoms with van der Waals surface area (Å²) in [6, 6.07) is -2.56. The molecule has 0 aliphatic carbocycles. The van der Waals surface area contributed by atoms with Gasteiger partial charge in [0.2, 0.25) is 5.91 Å². The largest absolute Gasteiger partial charge is 0.480 e. The molecule has 0 saturated carbocycles. The van der Waals surface area contributed by atoms with Crippen molar-refractivity contribution in [2.75, 3.05) is 18.8 Å². The van der Waals surface area contributed by atoms with Gasteiger partial charge in [0.05, 0.1) is 6.04 Å². The summed E-state index contributed by atoms with van der Waals surface area (Å²) in [7, 11) is 0. The van der Waals surface area contributed by atoms with Crippen LogP contribution in [0.15, 0.2) is 0 Å². The predicted molar refractivity (Wildman–Crippen MR) is 91.8 cm³/mol. The molecule has 0 aromatic rings. The van der Waals surface area contributed by atoms with Crippen LogP contribution < -0.4 is 38.7 Å². The topological polar surface area (TPSA) is 198 Å². The molecular weight excluding hydrogens is 338 g/mol. The average molecular weight is 365 g/mol. The summed E-state index contributed by atoms with van der Waals surface area (Å²) in [5.41, 5.74) is 21.3. The molecule has 0 aromatic heterocycles. The highest BCUT2D eigenvalue weighted by Crippen LogP contribution is 1.95. The third kappa shape index (κ3) is 9.77. The molecule has 0 aliphatic heterocycles. The molecule has 12 heteroatoms. The van der Waals surface area contributed by atoms with Crippen molar-refractivity contribution in [1.29, 1.82) is 0 Å². The summed E-state index contributed by atoms with van der Waals surface area (Å²) in [5, 5.41) is 14.0. The quantitative estimate of drug-likeness (QED) is 0.0481. The van der Waals surface area contributed by atoms with Crippen LogP contribution in [-0.2, 0) is 14.4 Å². The van der Waals surface area contributed by atoms with Gasteiger partial charge in [0.15, 0.2) is 0 Å². The first-order valence-electron chi connectivity index (χ1n) is 7.40. The summed E-state index contributed by atoms with van der Waals surface area (Å²) >= 11 is 4.03. The number of carbonyl (C=O) groups excluding carboxylic acids is 2. The van der Waals surface area contributed by atoms with Crippen molar-refractivity contribution in [2.24, 2.45) is 17.2 Å². The Kier molecular flexibility index (Phi) is 12.4. The second-order valence-electron chi connectivity index (χ2n) is 5.02. The van der Waals surface area contributed by atoms with E-state index in [0.717, 1.165) is 0 Å². The maximum absolute atomic E-state index is 12.0. The van der Waals surface area contributed by atoms with Gasteiger partial charge in [0.25, 0.3) is 0 Å². The molecule has 0 fully saturated rings. The molecule has 0 saturated heterocycles. The fourth-order valence-electron chi connectivity index (χ4n) is 1.66. The van der Waals surface area contributed by atoms with E-state index in [2.05, 4.69) is 34.1 Å². The molecule has 24 heavy (non-hydrogen) atoms. The smallest absolute Gasteiger partial charge is 0.327 e. The highest BCUT2D eigenvalue weighted by atomic mass is 32.1. The lowest BCUT2D eigenvalue weighted by molar-refractivity contribution is -0.141. The van der Waals surface area contributed by atoms with E-state index in [9.17, 15) is 14.4 Å². The zero-order valence-corrected chi connectivity index (χ0v) is 14.2. The number of nitrogens with one attached hydrogen (secondary N) is 4. The van der Waals surface area contributed by atoms with Crippen molar-refractivity contribution in [2.45, 2.75) is 37.3 Å². The first-order valence-corrected chi connectivity index (χ1v) is 8.03. The standard InChI is InChI=1S/C12H27N7O4S/c13-4-8(11(22)23)17-10(21)9(6-24)19-18-7(5-20)2-1-3-16-12(14)15/h5,7-9,12,16,18-19,24H,1-4,6,13-15H2,(H,17,21)(H,22,23)/t7-,8?,9?/m0/s1. The Morgan fingerprint density at radius 1 is 1.21 bits per heavy atom. The minimum Gasteiger partial charge on any atom is -0.480 e. The van der Waals surface area contributed by atoms with Crippen LogP contribution in [0.4, 0.5) is 0 Å². The number of aldehydes is 1. The summed E-state index contributed by atoms with van der Waals surface area (Å²) in [4.78, 5) is 33.9. The van der Waals surface area contributed by atoms with Crippen LogP contribution in [0.25, 0.3) is 0 Å². The van der Waals surface area contributed by atoms with Crippen molar-refractivity contribution in [3.8, 4) is 0 Å². The predicted octanol–water partition coefficient (Wildman–Crippen LogP) is -3.95. The molecule has 0 rings (SSSR count). The molecule has 11 nitrogen and oxygen atoms in total. The maximum Gasteiger partial charge on any atom is 0.327 e. The van der Waals surface area contributed by atoms with Crippen molar-refractivity contribution in [3.05, 3.63) is 0 Å². The van der Waals surface area contributed by atoms with Crippen LogP contribution in [0.3, 0.4) is 0 Å². The van der Waals surface area contributed by atoms with Gasteiger partial charge in [-0.2, -0.15) is 12.6 Å². The molecule has 0 bridgehead atoms. The van der Waals surface area contributed by atoms with E-state index in [1.54, 1.807) is 0 Å². The monoisotopic (exact) mass is 365 g/mol. The minimum absolute atomic E-state index is 0.0882. The molecule has 0 spiro atoms. The molecule has 140 valence electrons. The molecule has 1 amide bonds. The van der Waals surface area contributed by atoms with Gasteiger partial charge < -0.3 is 32.4 Å². The van der Waals surface area contributed by atoms with E-state index >= 15 is 0 Å². The Morgan fingerprint density at radius 3 is 2.33 bits per heavy atom. The van der Waals surface area contributed by atoms with E-state index < -0.39 is 36.3 Å². The fourth-order valence-corrected chi connectivity index (χ4v) is 1.92. The second kappa shape index (κ2) is 13.1. The van der Waals surface area contributed by atoms with Gasteiger partial charge in [-0.1, -0.05) is 0 Å². The lowest BCUT2D eigenvalue weighted by atomic mass is 10.2. The zero-order chi connectivity index (χ0) is 18.5. The van der Waals surface area contributed by atoms with Crippen LogP contribution in [0.2, 0.25) is 0 Å². The first kappa shape index (κ1) is 22.7. The van der Waals surface area contributed by atoms with Crippen LogP contribution in [0.1, 0.15) is 12.8 Å².